The van der Waals surface area contributed by atoms with E-state index in [1.54, 1.807) is 12.4 Å². The minimum Gasteiger partial charge on any atom is -0.367 e. The number of nitrogens with zero attached hydrogens (tertiary/aromatic N) is 3. The summed E-state index contributed by atoms with van der Waals surface area (Å²) in [5.74, 6) is 1.79. The molecule has 1 aliphatic carbocycles. The highest BCUT2D eigenvalue weighted by Crippen LogP contribution is 2.30. The first kappa shape index (κ1) is 10.9. The second kappa shape index (κ2) is 4.28. The molecule has 2 N–H and O–H groups in total. The van der Waals surface area contributed by atoms with Crippen LogP contribution in [0.1, 0.15) is 24.1 Å². The molecule has 0 unspecified atom stereocenters. The summed E-state index contributed by atoms with van der Waals surface area (Å²) in [7, 11) is 0. The predicted octanol–water partition coefficient (Wildman–Crippen LogP) is 1.72. The van der Waals surface area contributed by atoms with Crippen molar-refractivity contribution < 1.29 is 0 Å². The number of aromatic nitrogens is 3. The summed E-state index contributed by atoms with van der Waals surface area (Å²) in [5.41, 5.74) is 3.36. The molecule has 2 aliphatic rings. The van der Waals surface area contributed by atoms with Gasteiger partial charge in [0.25, 0.3) is 0 Å². The first-order chi connectivity index (χ1) is 9.40. The molecule has 2 aromatic heterocycles. The molecule has 5 nitrogen and oxygen atoms in total. The normalized spacial score (nSPS) is 17.3. The van der Waals surface area contributed by atoms with Crippen LogP contribution >= 0.6 is 0 Å². The van der Waals surface area contributed by atoms with Crippen molar-refractivity contribution in [1.29, 1.82) is 0 Å². The second-order valence-electron chi connectivity index (χ2n) is 5.08. The van der Waals surface area contributed by atoms with E-state index in [2.05, 4.69) is 20.6 Å². The summed E-state index contributed by atoms with van der Waals surface area (Å²) < 4.78 is 0. The Morgan fingerprint density at radius 1 is 1.11 bits per heavy atom. The lowest BCUT2D eigenvalue weighted by atomic mass is 10.2. The zero-order chi connectivity index (χ0) is 12.7. The van der Waals surface area contributed by atoms with E-state index in [1.807, 2.05) is 12.1 Å². The molecule has 0 amide bonds. The second-order valence-corrected chi connectivity index (χ2v) is 5.08. The molecular weight excluding hydrogens is 238 g/mol. The highest BCUT2D eigenvalue weighted by Gasteiger charge is 2.26. The Hall–Kier alpha value is -2.01. The van der Waals surface area contributed by atoms with Crippen LogP contribution in [0.25, 0.3) is 11.4 Å². The first-order valence-electron chi connectivity index (χ1n) is 6.67. The minimum atomic E-state index is 0.602. The summed E-state index contributed by atoms with van der Waals surface area (Å²) >= 11 is 0. The van der Waals surface area contributed by atoms with Crippen molar-refractivity contribution in [3.63, 3.8) is 0 Å². The van der Waals surface area contributed by atoms with Gasteiger partial charge >= 0.3 is 0 Å². The molecular formula is C14H15N5. The van der Waals surface area contributed by atoms with E-state index in [9.17, 15) is 0 Å². The molecule has 0 aromatic carbocycles. The van der Waals surface area contributed by atoms with E-state index < -0.39 is 0 Å². The molecule has 0 saturated heterocycles. The van der Waals surface area contributed by atoms with Gasteiger partial charge in [0.1, 0.15) is 5.82 Å². The van der Waals surface area contributed by atoms with Crippen molar-refractivity contribution in [2.75, 3.05) is 5.32 Å². The van der Waals surface area contributed by atoms with Crippen LogP contribution in [0.3, 0.4) is 0 Å². The predicted molar refractivity (Wildman–Crippen MR) is 72.5 cm³/mol. The molecule has 19 heavy (non-hydrogen) atoms. The molecule has 3 heterocycles. The van der Waals surface area contributed by atoms with Gasteiger partial charge in [0.15, 0.2) is 5.82 Å². The van der Waals surface area contributed by atoms with Crippen molar-refractivity contribution in [1.82, 2.24) is 20.3 Å². The Kier molecular flexibility index (Phi) is 2.45. The molecule has 96 valence electrons. The third-order valence-electron chi connectivity index (χ3n) is 3.54. The van der Waals surface area contributed by atoms with Crippen LogP contribution in [0.5, 0.6) is 0 Å². The molecule has 0 atom stereocenters. The Bertz CT molecular complexity index is 607. The Labute approximate surface area is 111 Å². The van der Waals surface area contributed by atoms with Gasteiger partial charge < -0.3 is 10.6 Å². The fraction of sp³-hybridized carbons (Fsp3) is 0.357. The van der Waals surface area contributed by atoms with E-state index in [0.717, 1.165) is 36.0 Å². The van der Waals surface area contributed by atoms with E-state index in [-0.39, 0.29) is 0 Å². The van der Waals surface area contributed by atoms with Gasteiger partial charge in [-0.1, -0.05) is 0 Å². The van der Waals surface area contributed by atoms with E-state index >= 15 is 0 Å². The van der Waals surface area contributed by atoms with Gasteiger partial charge in [-0.2, -0.15) is 0 Å². The maximum Gasteiger partial charge on any atom is 0.161 e. The largest absolute Gasteiger partial charge is 0.367 e. The van der Waals surface area contributed by atoms with Gasteiger partial charge in [-0.15, -0.1) is 0 Å². The number of anilines is 1. The van der Waals surface area contributed by atoms with Gasteiger partial charge in [-0.05, 0) is 25.0 Å². The van der Waals surface area contributed by atoms with Crippen molar-refractivity contribution in [2.45, 2.75) is 32.0 Å². The number of hydrogen-bond acceptors (Lipinski definition) is 5. The molecule has 0 radical (unpaired) electrons. The van der Waals surface area contributed by atoms with Crippen LogP contribution in [0, 0.1) is 0 Å². The molecule has 2 aromatic rings. The van der Waals surface area contributed by atoms with E-state index in [4.69, 9.17) is 4.98 Å². The van der Waals surface area contributed by atoms with Crippen LogP contribution in [0.4, 0.5) is 5.82 Å². The van der Waals surface area contributed by atoms with E-state index in [0.29, 0.717) is 6.04 Å². The number of fused-ring (bicyclic) bond motifs is 1. The molecule has 4 rings (SSSR count). The third-order valence-corrected chi connectivity index (χ3v) is 3.54. The number of pyridine rings is 1. The topological polar surface area (TPSA) is 62.7 Å². The summed E-state index contributed by atoms with van der Waals surface area (Å²) in [6.45, 7) is 1.69. The third kappa shape index (κ3) is 2.06. The van der Waals surface area contributed by atoms with Gasteiger partial charge in [-0.3, -0.25) is 4.98 Å². The highest BCUT2D eigenvalue weighted by atomic mass is 15.1. The maximum absolute atomic E-state index is 4.70. The lowest BCUT2D eigenvalue weighted by Gasteiger charge is -2.11. The summed E-state index contributed by atoms with van der Waals surface area (Å²) in [6.07, 6.45) is 6.05. The smallest absolute Gasteiger partial charge is 0.161 e. The van der Waals surface area contributed by atoms with Gasteiger partial charge in [-0.25, -0.2) is 9.97 Å². The van der Waals surface area contributed by atoms with Crippen LogP contribution in [0.15, 0.2) is 24.5 Å². The number of hydrogen-bond donors (Lipinski definition) is 2. The Balaban J connectivity index is 1.79. The molecule has 0 spiro atoms. The summed E-state index contributed by atoms with van der Waals surface area (Å²) in [6, 6.07) is 4.50. The van der Waals surface area contributed by atoms with Crippen LogP contribution in [0.2, 0.25) is 0 Å². The maximum atomic E-state index is 4.70. The molecule has 1 fully saturated rings. The van der Waals surface area contributed by atoms with Gasteiger partial charge in [0.2, 0.25) is 0 Å². The Morgan fingerprint density at radius 2 is 1.95 bits per heavy atom. The van der Waals surface area contributed by atoms with Crippen molar-refractivity contribution >= 4 is 5.82 Å². The van der Waals surface area contributed by atoms with Gasteiger partial charge in [0, 0.05) is 42.7 Å². The van der Waals surface area contributed by atoms with Crippen LogP contribution < -0.4 is 10.6 Å². The minimum absolute atomic E-state index is 0.602. The average Bonchev–Trinajstić information content (AvgIpc) is 3.14. The zero-order valence-corrected chi connectivity index (χ0v) is 10.6. The van der Waals surface area contributed by atoms with Crippen LogP contribution in [-0.2, 0) is 13.1 Å². The quantitative estimate of drug-likeness (QED) is 0.872. The van der Waals surface area contributed by atoms with Crippen LogP contribution in [-0.4, -0.2) is 21.0 Å². The lowest BCUT2D eigenvalue weighted by Crippen LogP contribution is -2.09. The van der Waals surface area contributed by atoms with Crippen molar-refractivity contribution in [3.8, 4) is 11.4 Å². The van der Waals surface area contributed by atoms with Crippen molar-refractivity contribution in [2.24, 2.45) is 0 Å². The fourth-order valence-corrected chi connectivity index (χ4v) is 2.34. The fourth-order valence-electron chi connectivity index (χ4n) is 2.34. The average molecular weight is 253 g/mol. The lowest BCUT2D eigenvalue weighted by molar-refractivity contribution is 0.758. The van der Waals surface area contributed by atoms with E-state index in [1.165, 1.54) is 18.4 Å². The molecule has 5 heteroatoms. The first-order valence-corrected chi connectivity index (χ1v) is 6.67. The SMILES string of the molecule is c1cc(-c2nc3c(c(NC4CC4)n2)CNC3)ccn1. The standard InChI is InChI=1S/C14H15N5/c1-2-10(1)17-14-11-7-16-8-12(11)18-13(19-14)9-3-5-15-6-4-9/h3-6,10,16H,1-2,7-8H2,(H,17,18,19). The monoisotopic (exact) mass is 253 g/mol. The molecule has 1 aliphatic heterocycles. The summed E-state index contributed by atoms with van der Waals surface area (Å²) in [4.78, 5) is 13.4. The van der Waals surface area contributed by atoms with Gasteiger partial charge in [0.05, 0.1) is 5.69 Å². The number of nitrogens with one attached hydrogen (secondary N) is 2. The number of rotatable bonds is 3. The molecule has 0 bridgehead atoms. The van der Waals surface area contributed by atoms with Crippen molar-refractivity contribution in [3.05, 3.63) is 35.8 Å². The summed E-state index contributed by atoms with van der Waals surface area (Å²) in [5, 5.41) is 6.87. The zero-order valence-electron chi connectivity index (χ0n) is 10.6. The highest BCUT2D eigenvalue weighted by molar-refractivity contribution is 5.60. The Morgan fingerprint density at radius 3 is 2.74 bits per heavy atom. The molecule has 1 saturated carbocycles.